The predicted octanol–water partition coefficient (Wildman–Crippen LogP) is 1.88. The summed E-state index contributed by atoms with van der Waals surface area (Å²) in [6.45, 7) is 5.42. The van der Waals surface area contributed by atoms with Crippen molar-refractivity contribution in [2.45, 2.75) is 45.2 Å². The highest BCUT2D eigenvalue weighted by molar-refractivity contribution is 5.84. The maximum atomic E-state index is 13.0. The monoisotopic (exact) mass is 290 g/mol. The first-order valence-corrected chi connectivity index (χ1v) is 7.95. The maximum Gasteiger partial charge on any atom is 0.244 e. The molecule has 0 bridgehead atoms. The molecular formula is C17H26N2O2. The number of nitrogens with zero attached hydrogens (tertiary/aromatic N) is 1. The third-order valence-corrected chi connectivity index (χ3v) is 4.36. The third-order valence-electron chi connectivity index (χ3n) is 4.36. The van der Waals surface area contributed by atoms with Crippen LogP contribution >= 0.6 is 0 Å². The first-order chi connectivity index (χ1) is 10.2. The number of carbonyl (C=O) groups is 1. The fraction of sp³-hybridized carbons (Fsp3) is 0.588. The molecule has 116 valence electrons. The molecule has 0 aromatic heterocycles. The summed E-state index contributed by atoms with van der Waals surface area (Å²) in [4.78, 5) is 14.8. The van der Waals surface area contributed by atoms with Crippen molar-refractivity contribution >= 4 is 5.91 Å². The van der Waals surface area contributed by atoms with Crippen molar-refractivity contribution in [2.75, 3.05) is 19.7 Å². The summed E-state index contributed by atoms with van der Waals surface area (Å²) in [6, 6.07) is 8.07. The molecule has 2 N–H and O–H groups in total. The van der Waals surface area contributed by atoms with Gasteiger partial charge in [0.2, 0.25) is 5.91 Å². The second-order valence-electron chi connectivity index (χ2n) is 5.56. The van der Waals surface area contributed by atoms with Gasteiger partial charge in [-0.2, -0.15) is 0 Å². The van der Waals surface area contributed by atoms with E-state index in [1.807, 2.05) is 23.1 Å². The van der Waals surface area contributed by atoms with Gasteiger partial charge in [-0.15, -0.1) is 0 Å². The van der Waals surface area contributed by atoms with Gasteiger partial charge in [0.05, 0.1) is 6.61 Å². The van der Waals surface area contributed by atoms with Crippen molar-refractivity contribution in [2.24, 2.45) is 0 Å². The molecule has 1 atom stereocenters. The number of hydrogen-bond acceptors (Lipinski definition) is 3. The topological polar surface area (TPSA) is 52.6 Å². The second kappa shape index (κ2) is 7.57. The summed E-state index contributed by atoms with van der Waals surface area (Å²) in [5, 5.41) is 12.6. The van der Waals surface area contributed by atoms with Crippen LogP contribution in [0.25, 0.3) is 0 Å². The van der Waals surface area contributed by atoms with Gasteiger partial charge in [0.15, 0.2) is 0 Å². The van der Waals surface area contributed by atoms with Gasteiger partial charge in [-0.3, -0.25) is 4.79 Å². The highest BCUT2D eigenvalue weighted by atomic mass is 16.3. The summed E-state index contributed by atoms with van der Waals surface area (Å²) in [5.74, 6) is 0.0879. The molecular weight excluding hydrogens is 264 g/mol. The molecule has 1 heterocycles. The number of aliphatic hydroxyl groups excluding tert-OH is 1. The van der Waals surface area contributed by atoms with Crippen molar-refractivity contribution in [3.63, 3.8) is 0 Å². The minimum Gasteiger partial charge on any atom is -0.395 e. The van der Waals surface area contributed by atoms with E-state index in [9.17, 15) is 9.90 Å². The van der Waals surface area contributed by atoms with E-state index in [-0.39, 0.29) is 24.6 Å². The Labute approximate surface area is 127 Å². The van der Waals surface area contributed by atoms with Gasteiger partial charge in [0, 0.05) is 19.1 Å². The Hall–Kier alpha value is -1.39. The lowest BCUT2D eigenvalue weighted by Crippen LogP contribution is -2.48. The van der Waals surface area contributed by atoms with Gasteiger partial charge in [-0.25, -0.2) is 0 Å². The molecule has 0 saturated carbocycles. The molecule has 1 unspecified atom stereocenters. The number of hydrogen-bond donors (Lipinski definition) is 2. The number of fused-ring (bicyclic) bond motifs is 1. The molecule has 4 heteroatoms. The summed E-state index contributed by atoms with van der Waals surface area (Å²) in [7, 11) is 0. The van der Waals surface area contributed by atoms with E-state index in [0.29, 0.717) is 6.54 Å². The van der Waals surface area contributed by atoms with Crippen LogP contribution in [0.4, 0.5) is 0 Å². The van der Waals surface area contributed by atoms with Crippen molar-refractivity contribution < 1.29 is 9.90 Å². The largest absolute Gasteiger partial charge is 0.395 e. The summed E-state index contributed by atoms with van der Waals surface area (Å²) in [5.41, 5.74) is 2.34. The van der Waals surface area contributed by atoms with Crippen molar-refractivity contribution in [1.29, 1.82) is 0 Å². The Balaban J connectivity index is 2.25. The average molecular weight is 290 g/mol. The lowest BCUT2D eigenvalue weighted by atomic mass is 9.93. The lowest BCUT2D eigenvalue weighted by Gasteiger charge is -2.35. The predicted molar refractivity (Wildman–Crippen MR) is 84.1 cm³/mol. The van der Waals surface area contributed by atoms with E-state index in [0.717, 1.165) is 31.4 Å². The normalized spacial score (nSPS) is 17.6. The Morgan fingerprint density at radius 1 is 1.38 bits per heavy atom. The number of nitrogens with one attached hydrogen (secondary N) is 1. The van der Waals surface area contributed by atoms with Gasteiger partial charge in [0.1, 0.15) is 6.04 Å². The van der Waals surface area contributed by atoms with Crippen LogP contribution in [0.3, 0.4) is 0 Å². The Morgan fingerprint density at radius 3 is 2.76 bits per heavy atom. The van der Waals surface area contributed by atoms with Gasteiger partial charge in [-0.05, 0) is 30.4 Å². The third kappa shape index (κ3) is 3.44. The number of amides is 1. The number of rotatable bonds is 6. The van der Waals surface area contributed by atoms with Crippen LogP contribution < -0.4 is 5.32 Å². The fourth-order valence-corrected chi connectivity index (χ4v) is 3.20. The highest BCUT2D eigenvalue weighted by Gasteiger charge is 2.31. The first-order valence-electron chi connectivity index (χ1n) is 7.95. The van der Waals surface area contributed by atoms with Crippen LogP contribution in [-0.4, -0.2) is 41.7 Å². The van der Waals surface area contributed by atoms with Crippen LogP contribution in [0.15, 0.2) is 24.3 Å². The smallest absolute Gasteiger partial charge is 0.244 e. The van der Waals surface area contributed by atoms with Gasteiger partial charge >= 0.3 is 0 Å². The van der Waals surface area contributed by atoms with E-state index in [2.05, 4.69) is 25.2 Å². The van der Waals surface area contributed by atoms with E-state index < -0.39 is 0 Å². The summed E-state index contributed by atoms with van der Waals surface area (Å²) < 4.78 is 0. The van der Waals surface area contributed by atoms with E-state index in [4.69, 9.17) is 0 Å². The molecule has 0 radical (unpaired) electrons. The molecule has 4 nitrogen and oxygen atoms in total. The molecule has 0 saturated heterocycles. The van der Waals surface area contributed by atoms with E-state index in [1.165, 1.54) is 5.56 Å². The SMILES string of the molecule is CCC(CC)N(CCO)C(=O)C1NCCc2ccccc21. The Bertz CT molecular complexity index is 472. The zero-order valence-electron chi connectivity index (χ0n) is 13.0. The summed E-state index contributed by atoms with van der Waals surface area (Å²) in [6.07, 6.45) is 2.79. The molecule has 2 rings (SSSR count). The Kier molecular flexibility index (Phi) is 5.76. The lowest BCUT2D eigenvalue weighted by molar-refractivity contribution is -0.137. The summed E-state index contributed by atoms with van der Waals surface area (Å²) >= 11 is 0. The zero-order valence-corrected chi connectivity index (χ0v) is 13.0. The zero-order chi connectivity index (χ0) is 15.2. The minimum atomic E-state index is -0.276. The van der Waals surface area contributed by atoms with Gasteiger partial charge in [-0.1, -0.05) is 38.1 Å². The van der Waals surface area contributed by atoms with Crippen molar-refractivity contribution in [3.05, 3.63) is 35.4 Å². The molecule has 1 aromatic rings. The molecule has 1 aliphatic heterocycles. The first kappa shape index (κ1) is 16.0. The van der Waals surface area contributed by atoms with Gasteiger partial charge in [0.25, 0.3) is 0 Å². The number of benzene rings is 1. The van der Waals surface area contributed by atoms with Crippen LogP contribution in [-0.2, 0) is 11.2 Å². The molecule has 1 aliphatic rings. The highest BCUT2D eigenvalue weighted by Crippen LogP contribution is 2.25. The van der Waals surface area contributed by atoms with Gasteiger partial charge < -0.3 is 15.3 Å². The molecule has 21 heavy (non-hydrogen) atoms. The Morgan fingerprint density at radius 2 is 2.10 bits per heavy atom. The standard InChI is InChI=1S/C17H26N2O2/c1-3-14(4-2)19(11-12-20)17(21)16-15-8-6-5-7-13(15)9-10-18-16/h5-8,14,16,18,20H,3-4,9-12H2,1-2H3. The van der Waals surface area contributed by atoms with Crippen molar-refractivity contribution in [3.8, 4) is 0 Å². The number of aliphatic hydroxyl groups is 1. The average Bonchev–Trinajstić information content (AvgIpc) is 2.54. The molecule has 0 fully saturated rings. The van der Waals surface area contributed by atoms with Crippen LogP contribution in [0.1, 0.15) is 43.9 Å². The van der Waals surface area contributed by atoms with Crippen LogP contribution in [0, 0.1) is 0 Å². The molecule has 1 amide bonds. The number of carbonyl (C=O) groups excluding carboxylic acids is 1. The van der Waals surface area contributed by atoms with E-state index >= 15 is 0 Å². The fourth-order valence-electron chi connectivity index (χ4n) is 3.20. The van der Waals surface area contributed by atoms with Crippen LogP contribution in [0.2, 0.25) is 0 Å². The molecule has 1 aromatic carbocycles. The molecule has 0 aliphatic carbocycles. The van der Waals surface area contributed by atoms with E-state index in [1.54, 1.807) is 0 Å². The quantitative estimate of drug-likeness (QED) is 0.841. The van der Waals surface area contributed by atoms with Crippen LogP contribution in [0.5, 0.6) is 0 Å². The molecule has 0 spiro atoms. The minimum absolute atomic E-state index is 0.0105. The maximum absolute atomic E-state index is 13.0. The van der Waals surface area contributed by atoms with Crippen molar-refractivity contribution in [1.82, 2.24) is 10.2 Å². The second-order valence-corrected chi connectivity index (χ2v) is 5.56.